The Hall–Kier alpha value is -0.840. The molecule has 2 aromatic rings. The Labute approximate surface area is 126 Å². The van der Waals surface area contributed by atoms with Gasteiger partial charge in [0.15, 0.2) is 0 Å². The van der Waals surface area contributed by atoms with Crippen LogP contribution in [0.5, 0.6) is 0 Å². The minimum absolute atomic E-state index is 0.992. The first-order valence-electron chi connectivity index (χ1n) is 6.48. The number of para-hydroxylation sites is 1. The minimum atomic E-state index is 0.992. The standard InChI is InChI=1S/C15H17BrN2S/c1-18(9-14-7-13(16)10-19-14)8-12-4-2-3-11-5-6-17-15(11)12/h2-4,7,10,17H,5-6,8-9H2,1H3. The summed E-state index contributed by atoms with van der Waals surface area (Å²) < 4.78 is 1.18. The van der Waals surface area contributed by atoms with Crippen molar-refractivity contribution in [3.05, 3.63) is 50.1 Å². The molecule has 1 N–H and O–H groups in total. The molecule has 1 aliphatic heterocycles. The van der Waals surface area contributed by atoms with Crippen LogP contribution in [-0.2, 0) is 19.5 Å². The lowest BCUT2D eigenvalue weighted by atomic mass is 10.1. The van der Waals surface area contributed by atoms with Crippen molar-refractivity contribution in [3.8, 4) is 0 Å². The maximum atomic E-state index is 3.51. The Kier molecular flexibility index (Phi) is 3.91. The molecular weight excluding hydrogens is 320 g/mol. The molecule has 3 rings (SSSR count). The average Bonchev–Trinajstić information content (AvgIpc) is 2.98. The normalized spacial score (nSPS) is 13.6. The zero-order valence-electron chi connectivity index (χ0n) is 10.9. The summed E-state index contributed by atoms with van der Waals surface area (Å²) in [7, 11) is 2.18. The highest BCUT2D eigenvalue weighted by atomic mass is 79.9. The average molecular weight is 337 g/mol. The molecule has 0 atom stereocenters. The van der Waals surface area contributed by atoms with Crippen molar-refractivity contribution in [1.82, 2.24) is 4.90 Å². The summed E-state index contributed by atoms with van der Waals surface area (Å²) in [6, 6.07) is 8.85. The number of anilines is 1. The second-order valence-corrected chi connectivity index (χ2v) is 6.94. The summed E-state index contributed by atoms with van der Waals surface area (Å²) in [5.41, 5.74) is 4.24. The molecule has 4 heteroatoms. The first-order chi connectivity index (χ1) is 9.22. The van der Waals surface area contributed by atoms with Crippen LogP contribution in [0.2, 0.25) is 0 Å². The fourth-order valence-corrected chi connectivity index (χ4v) is 4.12. The number of nitrogens with one attached hydrogen (secondary N) is 1. The maximum absolute atomic E-state index is 3.51. The smallest absolute Gasteiger partial charge is 0.0419 e. The third-order valence-corrected chi connectivity index (χ3v) is 5.10. The molecule has 0 aliphatic carbocycles. The first-order valence-corrected chi connectivity index (χ1v) is 8.16. The van der Waals surface area contributed by atoms with Gasteiger partial charge in [-0.3, -0.25) is 4.90 Å². The van der Waals surface area contributed by atoms with Gasteiger partial charge in [0, 0.05) is 40.1 Å². The zero-order chi connectivity index (χ0) is 13.2. The second-order valence-electron chi connectivity index (χ2n) is 5.03. The van der Waals surface area contributed by atoms with E-state index in [2.05, 4.69) is 62.8 Å². The van der Waals surface area contributed by atoms with Crippen LogP contribution in [0.15, 0.2) is 34.1 Å². The molecule has 0 amide bonds. The Morgan fingerprint density at radius 2 is 2.26 bits per heavy atom. The van der Waals surface area contributed by atoms with Crippen molar-refractivity contribution >= 4 is 33.0 Å². The molecule has 19 heavy (non-hydrogen) atoms. The summed E-state index contributed by atoms with van der Waals surface area (Å²) in [6.07, 6.45) is 1.16. The molecule has 1 aromatic heterocycles. The van der Waals surface area contributed by atoms with Crippen molar-refractivity contribution in [2.24, 2.45) is 0 Å². The van der Waals surface area contributed by atoms with Gasteiger partial charge in [-0.15, -0.1) is 11.3 Å². The third kappa shape index (κ3) is 3.02. The number of fused-ring (bicyclic) bond motifs is 1. The van der Waals surface area contributed by atoms with Crippen LogP contribution < -0.4 is 5.32 Å². The number of nitrogens with zero attached hydrogens (tertiary/aromatic N) is 1. The van der Waals surface area contributed by atoms with Crippen LogP contribution in [0.4, 0.5) is 5.69 Å². The molecule has 0 saturated heterocycles. The molecule has 0 bridgehead atoms. The van der Waals surface area contributed by atoms with Gasteiger partial charge in [0.2, 0.25) is 0 Å². The number of hydrogen-bond acceptors (Lipinski definition) is 3. The van der Waals surface area contributed by atoms with E-state index in [0.29, 0.717) is 0 Å². The third-order valence-electron chi connectivity index (χ3n) is 3.42. The van der Waals surface area contributed by atoms with E-state index in [0.717, 1.165) is 26.1 Å². The molecular formula is C15H17BrN2S. The molecule has 2 nitrogen and oxygen atoms in total. The monoisotopic (exact) mass is 336 g/mol. The highest BCUT2D eigenvalue weighted by molar-refractivity contribution is 9.10. The van der Waals surface area contributed by atoms with E-state index in [1.54, 1.807) is 0 Å². The van der Waals surface area contributed by atoms with Gasteiger partial charge in [0.25, 0.3) is 0 Å². The van der Waals surface area contributed by atoms with Gasteiger partial charge >= 0.3 is 0 Å². The van der Waals surface area contributed by atoms with E-state index in [-0.39, 0.29) is 0 Å². The Bertz CT molecular complexity index is 579. The van der Waals surface area contributed by atoms with Gasteiger partial charge in [-0.1, -0.05) is 18.2 Å². The Morgan fingerprint density at radius 1 is 1.37 bits per heavy atom. The fourth-order valence-electron chi connectivity index (χ4n) is 2.59. The van der Waals surface area contributed by atoms with Crippen molar-refractivity contribution in [2.75, 3.05) is 18.9 Å². The topological polar surface area (TPSA) is 15.3 Å². The SMILES string of the molecule is CN(Cc1cc(Br)cs1)Cc1cccc2c1NCC2. The van der Waals surface area contributed by atoms with E-state index < -0.39 is 0 Å². The maximum Gasteiger partial charge on any atom is 0.0419 e. The molecule has 0 radical (unpaired) electrons. The van der Waals surface area contributed by atoms with Crippen LogP contribution in [0.1, 0.15) is 16.0 Å². The number of benzene rings is 1. The fraction of sp³-hybridized carbons (Fsp3) is 0.333. The van der Waals surface area contributed by atoms with Gasteiger partial charge in [-0.25, -0.2) is 0 Å². The Balaban J connectivity index is 1.70. The zero-order valence-corrected chi connectivity index (χ0v) is 13.4. The summed E-state index contributed by atoms with van der Waals surface area (Å²) in [6.45, 7) is 3.07. The molecule has 0 saturated carbocycles. The summed E-state index contributed by atoms with van der Waals surface area (Å²) in [5, 5.41) is 5.65. The van der Waals surface area contributed by atoms with E-state index in [9.17, 15) is 0 Å². The van der Waals surface area contributed by atoms with Crippen molar-refractivity contribution in [1.29, 1.82) is 0 Å². The predicted molar refractivity (Wildman–Crippen MR) is 85.8 cm³/mol. The molecule has 1 aromatic carbocycles. The van der Waals surface area contributed by atoms with E-state index >= 15 is 0 Å². The van der Waals surface area contributed by atoms with Crippen LogP contribution in [0.25, 0.3) is 0 Å². The van der Waals surface area contributed by atoms with Gasteiger partial charge in [0.05, 0.1) is 0 Å². The van der Waals surface area contributed by atoms with Crippen LogP contribution >= 0.6 is 27.3 Å². The van der Waals surface area contributed by atoms with Gasteiger partial charge in [0.1, 0.15) is 0 Å². The molecule has 100 valence electrons. The van der Waals surface area contributed by atoms with Crippen molar-refractivity contribution < 1.29 is 0 Å². The predicted octanol–water partition coefficient (Wildman–Crippen LogP) is 4.11. The van der Waals surface area contributed by atoms with Crippen LogP contribution in [0, 0.1) is 0 Å². The van der Waals surface area contributed by atoms with E-state index in [1.807, 2.05) is 11.3 Å². The number of rotatable bonds is 4. The summed E-state index contributed by atoms with van der Waals surface area (Å²) in [5.74, 6) is 0. The number of thiophene rings is 1. The number of halogens is 1. The summed E-state index contributed by atoms with van der Waals surface area (Å²) >= 11 is 5.32. The molecule has 0 spiro atoms. The number of hydrogen-bond donors (Lipinski definition) is 1. The second kappa shape index (κ2) is 5.65. The van der Waals surface area contributed by atoms with E-state index in [1.165, 1.54) is 26.2 Å². The van der Waals surface area contributed by atoms with Crippen LogP contribution in [0.3, 0.4) is 0 Å². The lowest BCUT2D eigenvalue weighted by Crippen LogP contribution is -2.17. The van der Waals surface area contributed by atoms with Crippen LogP contribution in [-0.4, -0.2) is 18.5 Å². The summed E-state index contributed by atoms with van der Waals surface area (Å²) in [4.78, 5) is 3.77. The quantitative estimate of drug-likeness (QED) is 0.903. The van der Waals surface area contributed by atoms with Crippen molar-refractivity contribution in [2.45, 2.75) is 19.5 Å². The van der Waals surface area contributed by atoms with Gasteiger partial charge in [-0.2, -0.15) is 0 Å². The highest BCUT2D eigenvalue weighted by Crippen LogP contribution is 2.28. The molecule has 0 fully saturated rings. The molecule has 2 heterocycles. The van der Waals surface area contributed by atoms with Gasteiger partial charge in [-0.05, 0) is 46.6 Å². The van der Waals surface area contributed by atoms with Gasteiger partial charge < -0.3 is 5.32 Å². The lowest BCUT2D eigenvalue weighted by Gasteiger charge is -2.18. The lowest BCUT2D eigenvalue weighted by molar-refractivity contribution is 0.322. The van der Waals surface area contributed by atoms with Crippen molar-refractivity contribution in [3.63, 3.8) is 0 Å². The largest absolute Gasteiger partial charge is 0.384 e. The Morgan fingerprint density at radius 3 is 3.05 bits per heavy atom. The minimum Gasteiger partial charge on any atom is -0.384 e. The van der Waals surface area contributed by atoms with E-state index in [4.69, 9.17) is 0 Å². The molecule has 0 unspecified atom stereocenters. The highest BCUT2D eigenvalue weighted by Gasteiger charge is 2.14. The molecule has 1 aliphatic rings. The first kappa shape index (κ1) is 13.2.